The van der Waals surface area contributed by atoms with Gasteiger partial charge in [0.2, 0.25) is 20.0 Å². The van der Waals surface area contributed by atoms with Crippen molar-refractivity contribution in [1.29, 1.82) is 0 Å². The van der Waals surface area contributed by atoms with E-state index in [0.717, 1.165) is 0 Å². The Balaban J connectivity index is 3.96. The van der Waals surface area contributed by atoms with Crippen LogP contribution in [0.15, 0.2) is 0 Å². The van der Waals surface area contributed by atoms with Gasteiger partial charge in [-0.15, -0.1) is 0 Å². The van der Waals surface area contributed by atoms with Crippen molar-refractivity contribution in [2.24, 2.45) is 5.73 Å². The first-order valence-corrected chi connectivity index (χ1v) is 7.72. The molecular formula is C6H17N3O4S2. The molecule has 0 aliphatic rings. The quantitative estimate of drug-likeness (QED) is 0.457. The molecule has 0 radical (unpaired) electrons. The molecule has 9 heteroatoms. The van der Waals surface area contributed by atoms with Crippen molar-refractivity contribution in [3.8, 4) is 0 Å². The van der Waals surface area contributed by atoms with Gasteiger partial charge in [0.05, 0.1) is 11.5 Å². The highest BCUT2D eigenvalue weighted by Crippen LogP contribution is 1.88. The predicted octanol–water partition coefficient (Wildman–Crippen LogP) is -2.20. The first-order chi connectivity index (χ1) is 6.83. The van der Waals surface area contributed by atoms with Crippen LogP contribution in [0.2, 0.25) is 0 Å². The first kappa shape index (κ1) is 14.8. The molecule has 0 aliphatic heterocycles. The summed E-state index contributed by atoms with van der Waals surface area (Å²) in [5.74, 6) is -0.353. The van der Waals surface area contributed by atoms with E-state index in [4.69, 9.17) is 5.73 Å². The predicted molar refractivity (Wildman–Crippen MR) is 58.3 cm³/mol. The van der Waals surface area contributed by atoms with Crippen molar-refractivity contribution in [3.63, 3.8) is 0 Å². The van der Waals surface area contributed by atoms with Crippen LogP contribution in [0.3, 0.4) is 0 Å². The van der Waals surface area contributed by atoms with Gasteiger partial charge in [0.15, 0.2) is 0 Å². The van der Waals surface area contributed by atoms with Gasteiger partial charge in [-0.05, 0) is 20.0 Å². The number of sulfonamides is 2. The molecule has 0 aliphatic carbocycles. The summed E-state index contributed by atoms with van der Waals surface area (Å²) in [6.45, 7) is 0.159. The fourth-order valence-electron chi connectivity index (χ4n) is 0.779. The Morgan fingerprint density at radius 1 is 1.07 bits per heavy atom. The van der Waals surface area contributed by atoms with Gasteiger partial charge in [0, 0.05) is 6.54 Å². The molecule has 0 saturated heterocycles. The second-order valence-corrected chi connectivity index (χ2v) is 6.85. The lowest BCUT2D eigenvalue weighted by atomic mass is 10.5. The normalized spacial score (nSPS) is 12.9. The van der Waals surface area contributed by atoms with E-state index in [2.05, 4.69) is 9.44 Å². The molecule has 0 aromatic rings. The summed E-state index contributed by atoms with van der Waals surface area (Å²) in [4.78, 5) is 0. The van der Waals surface area contributed by atoms with Crippen molar-refractivity contribution in [2.75, 3.05) is 31.6 Å². The van der Waals surface area contributed by atoms with Crippen molar-refractivity contribution in [2.45, 2.75) is 6.42 Å². The van der Waals surface area contributed by atoms with Gasteiger partial charge >= 0.3 is 0 Å². The Labute approximate surface area is 90.5 Å². The number of rotatable bonds is 8. The fourth-order valence-corrected chi connectivity index (χ4v) is 2.59. The van der Waals surface area contributed by atoms with Crippen LogP contribution in [0.5, 0.6) is 0 Å². The van der Waals surface area contributed by atoms with Gasteiger partial charge in [0.25, 0.3) is 0 Å². The average molecular weight is 259 g/mol. The molecule has 0 aromatic heterocycles. The molecule has 0 heterocycles. The molecule has 92 valence electrons. The highest BCUT2D eigenvalue weighted by atomic mass is 32.2. The Morgan fingerprint density at radius 2 is 1.67 bits per heavy atom. The van der Waals surface area contributed by atoms with Crippen LogP contribution in [0.25, 0.3) is 0 Å². The Bertz CT molecular complexity index is 362. The van der Waals surface area contributed by atoms with Gasteiger partial charge in [-0.1, -0.05) is 0 Å². The summed E-state index contributed by atoms with van der Waals surface area (Å²) in [6.07, 6.45) is 0.355. The molecule has 0 atom stereocenters. The fraction of sp³-hybridized carbons (Fsp3) is 1.00. The van der Waals surface area contributed by atoms with Gasteiger partial charge in [-0.25, -0.2) is 26.3 Å². The molecule has 7 nitrogen and oxygen atoms in total. The van der Waals surface area contributed by atoms with E-state index >= 15 is 0 Å². The lowest BCUT2D eigenvalue weighted by Gasteiger charge is -2.05. The first-order valence-electron chi connectivity index (χ1n) is 4.41. The van der Waals surface area contributed by atoms with Crippen LogP contribution in [-0.2, 0) is 20.0 Å². The second kappa shape index (κ2) is 6.38. The maximum Gasteiger partial charge on any atom is 0.212 e. The summed E-state index contributed by atoms with van der Waals surface area (Å²) < 4.78 is 48.5. The smallest absolute Gasteiger partial charge is 0.212 e. The van der Waals surface area contributed by atoms with Crippen LogP contribution < -0.4 is 15.2 Å². The van der Waals surface area contributed by atoms with Gasteiger partial charge in [-0.3, -0.25) is 0 Å². The van der Waals surface area contributed by atoms with Crippen LogP contribution in [0, 0.1) is 0 Å². The average Bonchev–Trinajstić information content (AvgIpc) is 2.14. The zero-order valence-electron chi connectivity index (χ0n) is 8.56. The molecule has 0 amide bonds. The zero-order chi connectivity index (χ0) is 11.9. The molecule has 0 fully saturated rings. The summed E-state index contributed by atoms with van der Waals surface area (Å²) in [5.41, 5.74) is 5.16. The van der Waals surface area contributed by atoms with Crippen molar-refractivity contribution in [3.05, 3.63) is 0 Å². The van der Waals surface area contributed by atoms with Crippen LogP contribution >= 0.6 is 0 Å². The molecule has 15 heavy (non-hydrogen) atoms. The third-order valence-corrected chi connectivity index (χ3v) is 4.45. The summed E-state index contributed by atoms with van der Waals surface area (Å²) in [7, 11) is -5.48. The van der Waals surface area contributed by atoms with E-state index in [0.29, 0.717) is 6.42 Å². The monoisotopic (exact) mass is 259 g/mol. The highest BCUT2D eigenvalue weighted by Gasteiger charge is 2.11. The minimum absolute atomic E-state index is 0.0803. The van der Waals surface area contributed by atoms with E-state index in [-0.39, 0.29) is 24.6 Å². The number of nitrogens with one attached hydrogen (secondary N) is 2. The molecule has 0 aromatic carbocycles. The topological polar surface area (TPSA) is 118 Å². The Hall–Kier alpha value is -0.220. The van der Waals surface area contributed by atoms with E-state index < -0.39 is 20.0 Å². The van der Waals surface area contributed by atoms with Crippen molar-refractivity contribution >= 4 is 20.0 Å². The SMILES string of the molecule is CNS(=O)(=O)CCNS(=O)(=O)CCCN. The lowest BCUT2D eigenvalue weighted by molar-refractivity contribution is 0.577. The van der Waals surface area contributed by atoms with Crippen molar-refractivity contribution in [1.82, 2.24) is 9.44 Å². The minimum Gasteiger partial charge on any atom is -0.330 e. The second-order valence-electron chi connectivity index (χ2n) is 2.88. The van der Waals surface area contributed by atoms with Crippen LogP contribution in [0.4, 0.5) is 0 Å². The number of hydrogen-bond acceptors (Lipinski definition) is 5. The highest BCUT2D eigenvalue weighted by molar-refractivity contribution is 7.90. The van der Waals surface area contributed by atoms with E-state index in [1.807, 2.05) is 0 Å². The maximum absolute atomic E-state index is 11.2. The number of hydrogen-bond donors (Lipinski definition) is 3. The Kier molecular flexibility index (Phi) is 6.29. The number of nitrogens with two attached hydrogens (primary N) is 1. The third-order valence-electron chi connectivity index (χ3n) is 1.62. The molecule has 4 N–H and O–H groups in total. The van der Waals surface area contributed by atoms with Gasteiger partial charge in [0.1, 0.15) is 0 Å². The summed E-state index contributed by atoms with van der Waals surface area (Å²) >= 11 is 0. The van der Waals surface area contributed by atoms with Crippen LogP contribution in [0.1, 0.15) is 6.42 Å². The molecule has 0 bridgehead atoms. The molecule has 0 rings (SSSR count). The van der Waals surface area contributed by atoms with E-state index in [1.54, 1.807) is 0 Å². The van der Waals surface area contributed by atoms with E-state index in [1.165, 1.54) is 7.05 Å². The minimum atomic E-state index is -3.40. The maximum atomic E-state index is 11.2. The molecule has 0 spiro atoms. The van der Waals surface area contributed by atoms with Crippen molar-refractivity contribution < 1.29 is 16.8 Å². The summed E-state index contributed by atoms with van der Waals surface area (Å²) in [6, 6.07) is 0. The molecular weight excluding hydrogens is 242 g/mol. The third kappa shape index (κ3) is 7.68. The molecule has 0 unspecified atom stereocenters. The largest absolute Gasteiger partial charge is 0.330 e. The molecule has 0 saturated carbocycles. The van der Waals surface area contributed by atoms with Gasteiger partial charge < -0.3 is 5.73 Å². The lowest BCUT2D eigenvalue weighted by Crippen LogP contribution is -2.34. The van der Waals surface area contributed by atoms with Crippen LogP contribution in [-0.4, -0.2) is 48.5 Å². The zero-order valence-corrected chi connectivity index (χ0v) is 10.2. The van der Waals surface area contributed by atoms with E-state index in [9.17, 15) is 16.8 Å². The summed E-state index contributed by atoms with van der Waals surface area (Å²) in [5, 5.41) is 0. The van der Waals surface area contributed by atoms with Gasteiger partial charge in [-0.2, -0.15) is 0 Å². The standard InChI is InChI=1S/C6H17N3O4S2/c1-8-14(10,11)6-4-9-15(12,13)5-2-3-7/h8-9H,2-7H2,1H3. The Morgan fingerprint density at radius 3 is 2.13 bits per heavy atom.